The summed E-state index contributed by atoms with van der Waals surface area (Å²) in [6.07, 6.45) is 0. The quantitative estimate of drug-likeness (QED) is 0.782. The van der Waals surface area contributed by atoms with Gasteiger partial charge in [0.2, 0.25) is 11.8 Å². The zero-order valence-corrected chi connectivity index (χ0v) is 15.6. The minimum atomic E-state index is -0.532. The number of rotatable bonds is 5. The van der Waals surface area contributed by atoms with Crippen molar-refractivity contribution >= 4 is 52.4 Å². The number of hydrogen-bond acceptors (Lipinski definition) is 4. The van der Waals surface area contributed by atoms with Gasteiger partial charge in [0, 0.05) is 18.3 Å². The number of hydrogen-bond donors (Lipinski definition) is 1. The smallest absolute Gasteiger partial charge is 0.337 e. The van der Waals surface area contributed by atoms with Crippen molar-refractivity contribution < 1.29 is 19.1 Å². The molecule has 0 atom stereocenters. The molecule has 0 saturated carbocycles. The van der Waals surface area contributed by atoms with Gasteiger partial charge in [-0.25, -0.2) is 4.79 Å². The average Bonchev–Trinajstić information content (AvgIpc) is 2.62. The van der Waals surface area contributed by atoms with Crippen LogP contribution in [0.3, 0.4) is 0 Å². The van der Waals surface area contributed by atoms with Crippen LogP contribution in [-0.4, -0.2) is 31.4 Å². The van der Waals surface area contributed by atoms with Gasteiger partial charge in [0.1, 0.15) is 6.54 Å². The lowest BCUT2D eigenvalue weighted by molar-refractivity contribution is -0.120. The van der Waals surface area contributed by atoms with Crippen molar-refractivity contribution in [1.29, 1.82) is 0 Å². The Labute approximate surface area is 160 Å². The molecule has 0 unspecified atom stereocenters. The van der Waals surface area contributed by atoms with Gasteiger partial charge in [-0.15, -0.1) is 0 Å². The Morgan fingerprint density at radius 3 is 2.42 bits per heavy atom. The Hall–Kier alpha value is -2.57. The van der Waals surface area contributed by atoms with Crippen LogP contribution in [-0.2, 0) is 14.3 Å². The molecular weight excluding hydrogens is 379 g/mol. The summed E-state index contributed by atoms with van der Waals surface area (Å²) < 4.78 is 4.67. The fourth-order valence-corrected chi connectivity index (χ4v) is 2.52. The van der Waals surface area contributed by atoms with Crippen LogP contribution < -0.4 is 10.2 Å². The molecule has 0 fully saturated rings. The van der Waals surface area contributed by atoms with Gasteiger partial charge in [0.15, 0.2) is 0 Å². The van der Waals surface area contributed by atoms with Gasteiger partial charge in [0.05, 0.1) is 22.7 Å². The molecule has 0 saturated heterocycles. The molecule has 2 aromatic carbocycles. The lowest BCUT2D eigenvalue weighted by Gasteiger charge is -2.21. The number of methoxy groups -OCH3 is 1. The lowest BCUT2D eigenvalue weighted by Crippen LogP contribution is -2.36. The highest BCUT2D eigenvalue weighted by Gasteiger charge is 2.18. The fraction of sp³-hybridized carbons (Fsp3) is 0.167. The Bertz CT molecular complexity index is 855. The van der Waals surface area contributed by atoms with Crippen molar-refractivity contribution in [3.8, 4) is 0 Å². The van der Waals surface area contributed by atoms with Gasteiger partial charge >= 0.3 is 5.97 Å². The number of ether oxygens (including phenoxy) is 1. The summed E-state index contributed by atoms with van der Waals surface area (Å²) in [5.41, 5.74) is 1.14. The minimum Gasteiger partial charge on any atom is -0.465 e. The molecule has 0 aliphatic rings. The van der Waals surface area contributed by atoms with Gasteiger partial charge in [-0.1, -0.05) is 29.3 Å². The molecule has 8 heteroatoms. The van der Waals surface area contributed by atoms with E-state index in [9.17, 15) is 14.4 Å². The Kier molecular flexibility index (Phi) is 6.60. The van der Waals surface area contributed by atoms with E-state index in [1.807, 2.05) is 0 Å². The monoisotopic (exact) mass is 394 g/mol. The molecule has 0 aliphatic carbocycles. The van der Waals surface area contributed by atoms with Crippen LogP contribution in [0.25, 0.3) is 0 Å². The van der Waals surface area contributed by atoms with Gasteiger partial charge in [-0.2, -0.15) is 0 Å². The van der Waals surface area contributed by atoms with Crippen molar-refractivity contribution in [2.75, 3.05) is 23.9 Å². The summed E-state index contributed by atoms with van der Waals surface area (Å²) in [4.78, 5) is 37.2. The summed E-state index contributed by atoms with van der Waals surface area (Å²) in [5, 5.41) is 3.32. The van der Waals surface area contributed by atoms with Crippen LogP contribution >= 0.6 is 23.2 Å². The van der Waals surface area contributed by atoms with E-state index in [-0.39, 0.29) is 18.0 Å². The molecule has 0 spiro atoms. The molecule has 2 amide bonds. The number of amides is 2. The maximum absolute atomic E-state index is 12.3. The number of halogens is 2. The van der Waals surface area contributed by atoms with E-state index >= 15 is 0 Å². The lowest BCUT2D eigenvalue weighted by atomic mass is 10.2. The minimum absolute atomic E-state index is 0.236. The zero-order chi connectivity index (χ0) is 19.3. The molecule has 0 aromatic heterocycles. The van der Waals surface area contributed by atoms with E-state index in [4.69, 9.17) is 23.2 Å². The predicted octanol–water partition coefficient (Wildman–Crippen LogP) is 3.77. The molecule has 0 bridgehead atoms. The van der Waals surface area contributed by atoms with Gasteiger partial charge < -0.3 is 15.0 Å². The molecular formula is C18H16Cl2N2O4. The second-order valence-corrected chi connectivity index (χ2v) is 6.14. The van der Waals surface area contributed by atoms with E-state index in [0.717, 1.165) is 0 Å². The van der Waals surface area contributed by atoms with Crippen LogP contribution in [0, 0.1) is 0 Å². The highest BCUT2D eigenvalue weighted by Crippen LogP contribution is 2.25. The maximum atomic E-state index is 12.3. The van der Waals surface area contributed by atoms with Crippen molar-refractivity contribution in [2.45, 2.75) is 6.92 Å². The Morgan fingerprint density at radius 1 is 1.08 bits per heavy atom. The highest BCUT2D eigenvalue weighted by molar-refractivity contribution is 6.42. The molecule has 2 aromatic rings. The predicted molar refractivity (Wildman–Crippen MR) is 101 cm³/mol. The Balaban J connectivity index is 2.17. The van der Waals surface area contributed by atoms with E-state index in [1.54, 1.807) is 30.3 Å². The third-order valence-corrected chi connectivity index (χ3v) is 4.20. The van der Waals surface area contributed by atoms with Crippen molar-refractivity contribution in [1.82, 2.24) is 0 Å². The molecule has 0 radical (unpaired) electrons. The van der Waals surface area contributed by atoms with E-state index < -0.39 is 11.9 Å². The van der Waals surface area contributed by atoms with Gasteiger partial charge in [-0.3, -0.25) is 9.59 Å². The molecule has 0 aliphatic heterocycles. The first kappa shape index (κ1) is 19.8. The van der Waals surface area contributed by atoms with E-state index in [0.29, 0.717) is 21.4 Å². The fourth-order valence-electron chi connectivity index (χ4n) is 2.22. The third kappa shape index (κ3) is 4.97. The molecule has 0 heterocycles. The highest BCUT2D eigenvalue weighted by atomic mass is 35.5. The van der Waals surface area contributed by atoms with Gasteiger partial charge in [0.25, 0.3) is 0 Å². The molecule has 26 heavy (non-hydrogen) atoms. The number of benzene rings is 2. The summed E-state index contributed by atoms with van der Waals surface area (Å²) in [6, 6.07) is 10.9. The number of anilines is 2. The average molecular weight is 395 g/mol. The molecule has 2 rings (SSSR count). The number of nitrogens with one attached hydrogen (secondary N) is 1. The van der Waals surface area contributed by atoms with Crippen LogP contribution in [0.4, 0.5) is 11.4 Å². The zero-order valence-electron chi connectivity index (χ0n) is 14.1. The second-order valence-electron chi connectivity index (χ2n) is 5.32. The number of carbonyl (C=O) groups is 3. The van der Waals surface area contributed by atoms with Crippen LogP contribution in [0.5, 0.6) is 0 Å². The first-order chi connectivity index (χ1) is 12.3. The van der Waals surface area contributed by atoms with Crippen LogP contribution in [0.15, 0.2) is 42.5 Å². The van der Waals surface area contributed by atoms with Gasteiger partial charge in [-0.05, 0) is 36.4 Å². The number of esters is 1. The van der Waals surface area contributed by atoms with Crippen molar-refractivity contribution in [3.05, 3.63) is 58.1 Å². The first-order valence-corrected chi connectivity index (χ1v) is 8.29. The molecule has 6 nitrogen and oxygen atoms in total. The normalized spacial score (nSPS) is 10.2. The maximum Gasteiger partial charge on any atom is 0.337 e. The summed E-state index contributed by atoms with van der Waals surface area (Å²) >= 11 is 11.8. The standard InChI is InChI=1S/C18H16Cl2N2O4/c1-11(23)22(14-5-3-4-12(8-14)18(25)26-2)10-17(24)21-13-6-7-15(19)16(20)9-13/h3-9H,10H2,1-2H3,(H,21,24). The van der Waals surface area contributed by atoms with Crippen molar-refractivity contribution in [3.63, 3.8) is 0 Å². The van der Waals surface area contributed by atoms with Crippen LogP contribution in [0.2, 0.25) is 10.0 Å². The van der Waals surface area contributed by atoms with Crippen molar-refractivity contribution in [2.24, 2.45) is 0 Å². The summed E-state index contributed by atoms with van der Waals surface area (Å²) in [5.74, 6) is -1.31. The SMILES string of the molecule is COC(=O)c1cccc(N(CC(=O)Nc2ccc(Cl)c(Cl)c2)C(C)=O)c1. The molecule has 136 valence electrons. The van der Waals surface area contributed by atoms with Crippen LogP contribution in [0.1, 0.15) is 17.3 Å². The largest absolute Gasteiger partial charge is 0.465 e. The van der Waals surface area contributed by atoms with E-state index in [1.165, 1.54) is 31.1 Å². The topological polar surface area (TPSA) is 75.7 Å². The summed E-state index contributed by atoms with van der Waals surface area (Å²) in [7, 11) is 1.27. The number of carbonyl (C=O) groups excluding carboxylic acids is 3. The first-order valence-electron chi connectivity index (χ1n) is 7.53. The molecule has 1 N–H and O–H groups in total. The third-order valence-electron chi connectivity index (χ3n) is 3.46. The van der Waals surface area contributed by atoms with E-state index in [2.05, 4.69) is 10.1 Å². The number of nitrogens with zero attached hydrogens (tertiary/aromatic N) is 1. The second kappa shape index (κ2) is 8.69. The summed E-state index contributed by atoms with van der Waals surface area (Å²) in [6.45, 7) is 1.09. The Morgan fingerprint density at radius 2 is 1.81 bits per heavy atom.